The number of carbonyl (C=O) groups is 3. The molecule has 0 fully saturated rings. The van der Waals surface area contributed by atoms with Gasteiger partial charge in [-0.05, 0) is 52.3 Å². The molecule has 0 unspecified atom stereocenters. The maximum atomic E-state index is 12.1. The van der Waals surface area contributed by atoms with E-state index in [2.05, 4.69) is 26.6 Å². The highest BCUT2D eigenvalue weighted by atomic mass is 79.9. The fourth-order valence-electron chi connectivity index (χ4n) is 1.88. The van der Waals surface area contributed by atoms with Gasteiger partial charge in [0.25, 0.3) is 5.91 Å². The van der Waals surface area contributed by atoms with Crippen LogP contribution in [0.25, 0.3) is 0 Å². The van der Waals surface area contributed by atoms with E-state index in [0.29, 0.717) is 15.6 Å². The number of nitrogens with one attached hydrogen (secondary N) is 2. The highest BCUT2D eigenvalue weighted by Crippen LogP contribution is 2.22. The van der Waals surface area contributed by atoms with Gasteiger partial charge in [0.1, 0.15) is 0 Å². The number of halogens is 2. The zero-order valence-electron chi connectivity index (χ0n) is 13.2. The Morgan fingerprint density at radius 2 is 1.80 bits per heavy atom. The van der Waals surface area contributed by atoms with Crippen LogP contribution in [0, 0.1) is 0 Å². The van der Waals surface area contributed by atoms with Crippen LogP contribution >= 0.6 is 38.9 Å². The van der Waals surface area contributed by atoms with Crippen LogP contribution < -0.4 is 10.6 Å². The molecule has 25 heavy (non-hydrogen) atoms. The van der Waals surface area contributed by atoms with Crippen molar-refractivity contribution in [3.8, 4) is 0 Å². The quantitative estimate of drug-likeness (QED) is 0.719. The summed E-state index contributed by atoms with van der Waals surface area (Å²) in [6.45, 7) is -0.323. The molecule has 1 heterocycles. The van der Waals surface area contributed by atoms with Gasteiger partial charge in [0.15, 0.2) is 0 Å². The molecule has 9 heteroatoms. The maximum Gasteiger partial charge on any atom is 0.264 e. The van der Waals surface area contributed by atoms with Crippen LogP contribution in [0.2, 0.25) is 5.02 Å². The van der Waals surface area contributed by atoms with Gasteiger partial charge in [0.05, 0.1) is 21.8 Å². The van der Waals surface area contributed by atoms with Crippen molar-refractivity contribution in [3.63, 3.8) is 0 Å². The van der Waals surface area contributed by atoms with E-state index in [0.717, 1.165) is 3.79 Å². The lowest BCUT2D eigenvalue weighted by Gasteiger charge is -2.15. The summed E-state index contributed by atoms with van der Waals surface area (Å²) in [6, 6.07) is 10.1. The van der Waals surface area contributed by atoms with Crippen molar-refractivity contribution in [1.29, 1.82) is 0 Å². The van der Waals surface area contributed by atoms with Crippen LogP contribution in [0.3, 0.4) is 0 Å². The first-order chi connectivity index (χ1) is 11.8. The molecule has 2 N–H and O–H groups in total. The number of anilines is 1. The van der Waals surface area contributed by atoms with Crippen LogP contribution in [0.4, 0.5) is 5.69 Å². The lowest BCUT2D eigenvalue weighted by molar-refractivity contribution is -0.124. The van der Waals surface area contributed by atoms with E-state index in [1.165, 1.54) is 23.3 Å². The molecule has 132 valence electrons. The van der Waals surface area contributed by atoms with Crippen LogP contribution in [-0.4, -0.2) is 42.8 Å². The van der Waals surface area contributed by atoms with Gasteiger partial charge in [-0.3, -0.25) is 14.4 Å². The van der Waals surface area contributed by atoms with Gasteiger partial charge in [0.2, 0.25) is 11.8 Å². The third-order valence-corrected chi connectivity index (χ3v) is 4.95. The van der Waals surface area contributed by atoms with E-state index in [1.807, 2.05) is 0 Å². The Morgan fingerprint density at radius 3 is 2.40 bits per heavy atom. The summed E-state index contributed by atoms with van der Waals surface area (Å²) < 4.78 is 0.840. The molecular weight excluding hydrogens is 430 g/mol. The van der Waals surface area contributed by atoms with E-state index in [-0.39, 0.29) is 24.9 Å². The summed E-state index contributed by atoms with van der Waals surface area (Å²) in [5.74, 6) is -1.04. The maximum absolute atomic E-state index is 12.1. The van der Waals surface area contributed by atoms with Crippen molar-refractivity contribution in [3.05, 3.63) is 50.1 Å². The lowest BCUT2D eigenvalue weighted by atomic mass is 10.3. The van der Waals surface area contributed by atoms with Crippen LogP contribution in [0.5, 0.6) is 0 Å². The summed E-state index contributed by atoms with van der Waals surface area (Å²) in [4.78, 5) is 37.7. The SMILES string of the molecule is CN(CC(=O)NCC(=O)Nc1ccc(Cl)cc1)C(=O)c1ccc(Br)s1. The molecule has 6 nitrogen and oxygen atoms in total. The lowest BCUT2D eigenvalue weighted by Crippen LogP contribution is -2.41. The third-order valence-electron chi connectivity index (χ3n) is 3.09. The van der Waals surface area contributed by atoms with Crippen molar-refractivity contribution in [2.24, 2.45) is 0 Å². The van der Waals surface area contributed by atoms with Crippen LogP contribution in [-0.2, 0) is 9.59 Å². The molecule has 0 bridgehead atoms. The zero-order valence-corrected chi connectivity index (χ0v) is 16.4. The smallest absolute Gasteiger partial charge is 0.264 e. The predicted octanol–water partition coefficient (Wildman–Crippen LogP) is 2.99. The molecule has 0 saturated heterocycles. The average Bonchev–Trinajstić information content (AvgIpc) is 3.01. The molecule has 0 atom stereocenters. The topological polar surface area (TPSA) is 78.5 Å². The van der Waals surface area contributed by atoms with Crippen molar-refractivity contribution in [1.82, 2.24) is 10.2 Å². The second-order valence-electron chi connectivity index (χ2n) is 5.10. The largest absolute Gasteiger partial charge is 0.345 e. The van der Waals surface area contributed by atoms with E-state index < -0.39 is 5.91 Å². The zero-order chi connectivity index (χ0) is 18.4. The average molecular weight is 445 g/mol. The Labute approximate surface area is 162 Å². The van der Waals surface area contributed by atoms with Crippen LogP contribution in [0.1, 0.15) is 9.67 Å². The summed E-state index contributed by atoms with van der Waals surface area (Å²) in [5, 5.41) is 5.68. The van der Waals surface area contributed by atoms with E-state index >= 15 is 0 Å². The monoisotopic (exact) mass is 443 g/mol. The minimum absolute atomic E-state index is 0.136. The fourth-order valence-corrected chi connectivity index (χ4v) is 3.38. The van der Waals surface area contributed by atoms with Gasteiger partial charge in [-0.1, -0.05) is 11.6 Å². The molecule has 0 spiro atoms. The number of rotatable bonds is 6. The number of hydrogen-bond acceptors (Lipinski definition) is 4. The Hall–Kier alpha value is -1.90. The molecule has 2 rings (SSSR count). The second kappa shape index (κ2) is 8.98. The van der Waals surface area contributed by atoms with Crippen molar-refractivity contribution in [2.45, 2.75) is 0 Å². The minimum atomic E-state index is -0.419. The Balaban J connectivity index is 1.76. The molecule has 0 saturated carbocycles. The Kier molecular flexibility index (Phi) is 6.98. The highest BCUT2D eigenvalue weighted by Gasteiger charge is 2.17. The van der Waals surface area contributed by atoms with E-state index in [1.54, 1.807) is 36.4 Å². The van der Waals surface area contributed by atoms with E-state index in [4.69, 9.17) is 11.6 Å². The highest BCUT2D eigenvalue weighted by molar-refractivity contribution is 9.11. The second-order valence-corrected chi connectivity index (χ2v) is 8.00. The molecule has 2 aromatic rings. The number of benzene rings is 1. The first kappa shape index (κ1) is 19.4. The first-order valence-electron chi connectivity index (χ1n) is 7.18. The van der Waals surface area contributed by atoms with Gasteiger partial charge < -0.3 is 15.5 Å². The standard InChI is InChI=1S/C16H15BrClN3O3S/c1-21(16(24)12-6-7-13(17)25-12)9-15(23)19-8-14(22)20-11-4-2-10(18)3-5-11/h2-7H,8-9H2,1H3,(H,19,23)(H,20,22). The summed E-state index contributed by atoms with van der Waals surface area (Å²) in [6.07, 6.45) is 0. The molecule has 0 aliphatic rings. The molecule has 0 radical (unpaired) electrons. The van der Waals surface area contributed by atoms with Gasteiger partial charge >= 0.3 is 0 Å². The van der Waals surface area contributed by atoms with E-state index in [9.17, 15) is 14.4 Å². The van der Waals surface area contributed by atoms with Gasteiger partial charge in [-0.25, -0.2) is 0 Å². The molecule has 3 amide bonds. The Morgan fingerprint density at radius 1 is 1.12 bits per heavy atom. The van der Waals surface area contributed by atoms with Gasteiger partial charge in [0, 0.05) is 17.8 Å². The summed E-state index contributed by atoms with van der Waals surface area (Å²) in [7, 11) is 1.53. The molecule has 1 aromatic carbocycles. The number of nitrogens with zero attached hydrogens (tertiary/aromatic N) is 1. The molecule has 1 aromatic heterocycles. The van der Waals surface area contributed by atoms with Crippen molar-refractivity contribution in [2.75, 3.05) is 25.5 Å². The molecule has 0 aliphatic heterocycles. The number of hydrogen-bond donors (Lipinski definition) is 2. The first-order valence-corrected chi connectivity index (χ1v) is 9.17. The summed E-state index contributed by atoms with van der Waals surface area (Å²) >= 11 is 10.3. The molecule has 0 aliphatic carbocycles. The number of thiophene rings is 1. The molecular formula is C16H15BrClN3O3S. The van der Waals surface area contributed by atoms with Gasteiger partial charge in [-0.15, -0.1) is 11.3 Å². The Bertz CT molecular complexity index is 779. The minimum Gasteiger partial charge on any atom is -0.345 e. The number of likely N-dealkylation sites (N-methyl/N-ethyl adjacent to an activating group) is 1. The van der Waals surface area contributed by atoms with Crippen molar-refractivity contribution < 1.29 is 14.4 Å². The summed E-state index contributed by atoms with van der Waals surface area (Å²) in [5.41, 5.74) is 0.583. The number of amides is 3. The van der Waals surface area contributed by atoms with Gasteiger partial charge in [-0.2, -0.15) is 0 Å². The van der Waals surface area contributed by atoms with Crippen LogP contribution in [0.15, 0.2) is 40.2 Å². The van der Waals surface area contributed by atoms with Crippen molar-refractivity contribution >= 4 is 62.3 Å². The normalized spacial score (nSPS) is 10.2. The third kappa shape index (κ3) is 6.15. The fraction of sp³-hybridized carbons (Fsp3) is 0.188. The number of carbonyl (C=O) groups excluding carboxylic acids is 3. The predicted molar refractivity (Wildman–Crippen MR) is 102 cm³/mol.